The van der Waals surface area contributed by atoms with Crippen molar-refractivity contribution in [3.05, 3.63) is 69.4 Å². The van der Waals surface area contributed by atoms with Gasteiger partial charge in [-0.3, -0.25) is 4.79 Å². The third-order valence-corrected chi connectivity index (χ3v) is 4.13. The second-order valence-corrected chi connectivity index (χ2v) is 7.29. The van der Waals surface area contributed by atoms with Crippen LogP contribution in [-0.2, 0) is 6.42 Å². The Morgan fingerprint density at radius 1 is 1.04 bits per heavy atom. The van der Waals surface area contributed by atoms with Gasteiger partial charge in [0.2, 0.25) is 0 Å². The summed E-state index contributed by atoms with van der Waals surface area (Å²) in [5, 5.41) is 2.58. The fraction of sp³-hybridized carbons (Fsp3) is 0.278. The third-order valence-electron chi connectivity index (χ3n) is 3.60. The second kappa shape index (κ2) is 7.38. The summed E-state index contributed by atoms with van der Waals surface area (Å²) in [5.74, 6) is -5.20. The maximum Gasteiger partial charge on any atom is 0.254 e. The zero-order valence-corrected chi connectivity index (χ0v) is 14.9. The fourth-order valence-electron chi connectivity index (χ4n) is 2.33. The molecule has 0 saturated carbocycles. The molecule has 24 heavy (non-hydrogen) atoms. The molecule has 0 spiro atoms. The van der Waals surface area contributed by atoms with Gasteiger partial charge >= 0.3 is 0 Å². The lowest BCUT2D eigenvalue weighted by Gasteiger charge is -2.25. The van der Waals surface area contributed by atoms with Crippen molar-refractivity contribution in [3.63, 3.8) is 0 Å². The van der Waals surface area contributed by atoms with Crippen LogP contribution in [0.5, 0.6) is 0 Å². The normalized spacial score (nSPS) is 11.4. The Bertz CT molecular complexity index is 745. The van der Waals surface area contributed by atoms with Gasteiger partial charge in [-0.05, 0) is 41.7 Å². The smallest absolute Gasteiger partial charge is 0.254 e. The number of hydrogen-bond donors (Lipinski definition) is 1. The van der Waals surface area contributed by atoms with Gasteiger partial charge in [-0.25, -0.2) is 13.2 Å². The molecular weight excluding hydrogens is 383 g/mol. The standard InChI is InChI=1S/C18H17BrF3NO/c1-18(2,9-11-3-5-12(19)6-4-11)10-23-17(24)13-7-8-14(20)16(22)15(13)21/h3-8H,9-10H2,1-2H3,(H,23,24). The number of benzene rings is 2. The minimum absolute atomic E-state index is 0.264. The number of nitrogens with one attached hydrogen (secondary N) is 1. The van der Waals surface area contributed by atoms with E-state index >= 15 is 0 Å². The van der Waals surface area contributed by atoms with Crippen LogP contribution in [0.4, 0.5) is 13.2 Å². The maximum absolute atomic E-state index is 13.6. The summed E-state index contributed by atoms with van der Waals surface area (Å²) in [7, 11) is 0. The van der Waals surface area contributed by atoms with E-state index in [4.69, 9.17) is 0 Å². The molecule has 0 aliphatic rings. The van der Waals surface area contributed by atoms with Crippen LogP contribution >= 0.6 is 15.9 Å². The summed E-state index contributed by atoms with van der Waals surface area (Å²) in [6, 6.07) is 9.48. The molecule has 1 N–H and O–H groups in total. The van der Waals surface area contributed by atoms with Gasteiger partial charge in [0, 0.05) is 11.0 Å². The molecule has 0 saturated heterocycles. The Labute approximate surface area is 147 Å². The van der Waals surface area contributed by atoms with Crippen molar-refractivity contribution in [3.8, 4) is 0 Å². The van der Waals surface area contributed by atoms with Crippen LogP contribution in [0.15, 0.2) is 40.9 Å². The lowest BCUT2D eigenvalue weighted by molar-refractivity contribution is 0.0931. The highest BCUT2D eigenvalue weighted by Gasteiger charge is 2.23. The average molecular weight is 400 g/mol. The van der Waals surface area contributed by atoms with E-state index in [1.807, 2.05) is 38.1 Å². The minimum atomic E-state index is -1.64. The first-order valence-electron chi connectivity index (χ1n) is 7.36. The number of carbonyl (C=O) groups excluding carboxylic acids is 1. The van der Waals surface area contributed by atoms with Crippen LogP contribution in [-0.4, -0.2) is 12.5 Å². The summed E-state index contributed by atoms with van der Waals surface area (Å²) in [6.45, 7) is 4.17. The lowest BCUT2D eigenvalue weighted by Crippen LogP contribution is -2.35. The van der Waals surface area contributed by atoms with Gasteiger partial charge in [0.25, 0.3) is 5.91 Å². The van der Waals surface area contributed by atoms with Crippen molar-refractivity contribution in [1.82, 2.24) is 5.32 Å². The van der Waals surface area contributed by atoms with Gasteiger partial charge in [-0.1, -0.05) is 41.9 Å². The molecular formula is C18H17BrF3NO. The molecule has 0 fully saturated rings. The summed E-state index contributed by atoms with van der Waals surface area (Å²) in [6.07, 6.45) is 0.695. The van der Waals surface area contributed by atoms with Crippen LogP contribution < -0.4 is 5.32 Å². The fourth-order valence-corrected chi connectivity index (χ4v) is 2.60. The van der Waals surface area contributed by atoms with Crippen molar-refractivity contribution in [1.29, 1.82) is 0 Å². The number of carbonyl (C=O) groups is 1. The first-order chi connectivity index (χ1) is 11.2. The van der Waals surface area contributed by atoms with Gasteiger partial charge in [0.15, 0.2) is 17.5 Å². The highest BCUT2D eigenvalue weighted by molar-refractivity contribution is 9.10. The molecule has 0 bridgehead atoms. The van der Waals surface area contributed by atoms with Gasteiger partial charge < -0.3 is 5.32 Å². The largest absolute Gasteiger partial charge is 0.351 e. The van der Waals surface area contributed by atoms with Crippen LogP contribution in [0, 0.1) is 22.9 Å². The maximum atomic E-state index is 13.6. The van der Waals surface area contributed by atoms with Gasteiger partial charge in [0.05, 0.1) is 5.56 Å². The van der Waals surface area contributed by atoms with E-state index in [-0.39, 0.29) is 12.0 Å². The van der Waals surface area contributed by atoms with Crippen molar-refractivity contribution in [2.45, 2.75) is 20.3 Å². The SMILES string of the molecule is CC(C)(CNC(=O)c1ccc(F)c(F)c1F)Cc1ccc(Br)cc1. The molecule has 0 aliphatic carbocycles. The minimum Gasteiger partial charge on any atom is -0.351 e. The Morgan fingerprint density at radius 3 is 2.29 bits per heavy atom. The van der Waals surface area contributed by atoms with Crippen molar-refractivity contribution >= 4 is 21.8 Å². The van der Waals surface area contributed by atoms with Gasteiger partial charge in [-0.15, -0.1) is 0 Å². The predicted octanol–water partition coefficient (Wildman–Crippen LogP) is 4.87. The van der Waals surface area contributed by atoms with E-state index < -0.39 is 28.9 Å². The van der Waals surface area contributed by atoms with E-state index in [9.17, 15) is 18.0 Å². The Morgan fingerprint density at radius 2 is 1.67 bits per heavy atom. The number of amides is 1. The van der Waals surface area contributed by atoms with Gasteiger partial charge in [-0.2, -0.15) is 0 Å². The molecule has 2 nitrogen and oxygen atoms in total. The van der Waals surface area contributed by atoms with E-state index in [0.717, 1.165) is 22.2 Å². The van der Waals surface area contributed by atoms with Crippen molar-refractivity contribution in [2.24, 2.45) is 5.41 Å². The number of rotatable bonds is 5. The van der Waals surface area contributed by atoms with Crippen molar-refractivity contribution in [2.75, 3.05) is 6.54 Å². The van der Waals surface area contributed by atoms with E-state index in [0.29, 0.717) is 6.42 Å². The summed E-state index contributed by atoms with van der Waals surface area (Å²) in [5.41, 5.74) is 0.295. The monoisotopic (exact) mass is 399 g/mol. The van der Waals surface area contributed by atoms with Crippen LogP contribution in [0.25, 0.3) is 0 Å². The molecule has 2 rings (SSSR count). The first-order valence-corrected chi connectivity index (χ1v) is 8.15. The molecule has 2 aromatic carbocycles. The topological polar surface area (TPSA) is 29.1 Å². The highest BCUT2D eigenvalue weighted by Crippen LogP contribution is 2.23. The molecule has 0 atom stereocenters. The molecule has 128 valence electrons. The average Bonchev–Trinajstić information content (AvgIpc) is 2.53. The lowest BCUT2D eigenvalue weighted by atomic mass is 9.85. The predicted molar refractivity (Wildman–Crippen MR) is 90.3 cm³/mol. The molecule has 6 heteroatoms. The molecule has 0 heterocycles. The zero-order chi connectivity index (χ0) is 17.9. The van der Waals surface area contributed by atoms with Crippen LogP contribution in [0.2, 0.25) is 0 Å². The summed E-state index contributed by atoms with van der Waals surface area (Å²) < 4.78 is 40.7. The Balaban J connectivity index is 2.02. The van der Waals surface area contributed by atoms with E-state index in [1.54, 1.807) is 0 Å². The van der Waals surface area contributed by atoms with Crippen LogP contribution in [0.1, 0.15) is 29.8 Å². The third kappa shape index (κ3) is 4.60. The van der Waals surface area contributed by atoms with E-state index in [2.05, 4.69) is 21.2 Å². The Hall–Kier alpha value is -1.82. The quantitative estimate of drug-likeness (QED) is 0.714. The van der Waals surface area contributed by atoms with Crippen LogP contribution in [0.3, 0.4) is 0 Å². The molecule has 0 radical (unpaired) electrons. The number of hydrogen-bond acceptors (Lipinski definition) is 1. The molecule has 0 aliphatic heterocycles. The number of halogens is 4. The summed E-state index contributed by atoms with van der Waals surface area (Å²) in [4.78, 5) is 12.0. The molecule has 1 amide bonds. The zero-order valence-electron chi connectivity index (χ0n) is 13.3. The summed E-state index contributed by atoms with van der Waals surface area (Å²) >= 11 is 3.37. The second-order valence-electron chi connectivity index (χ2n) is 6.37. The molecule has 0 unspecified atom stereocenters. The van der Waals surface area contributed by atoms with Crippen molar-refractivity contribution < 1.29 is 18.0 Å². The Kier molecular flexibility index (Phi) is 5.70. The molecule has 2 aromatic rings. The first kappa shape index (κ1) is 18.5. The van der Waals surface area contributed by atoms with E-state index in [1.165, 1.54) is 0 Å². The van der Waals surface area contributed by atoms with Gasteiger partial charge in [0.1, 0.15) is 0 Å². The highest BCUT2D eigenvalue weighted by atomic mass is 79.9. The molecule has 0 aromatic heterocycles.